The van der Waals surface area contributed by atoms with Crippen LogP contribution in [0, 0.1) is 0 Å². The SMILES string of the molecule is OC1CCNCC1n1cc(Br)cn1. The average Bonchev–Trinajstić information content (AvgIpc) is 2.53. The molecule has 2 rings (SSSR count). The molecule has 1 aromatic heterocycles. The maximum Gasteiger partial charge on any atom is 0.0902 e. The molecule has 1 saturated heterocycles. The lowest BCUT2D eigenvalue weighted by Gasteiger charge is -2.28. The van der Waals surface area contributed by atoms with Gasteiger partial charge in [-0.05, 0) is 28.9 Å². The van der Waals surface area contributed by atoms with Crippen LogP contribution < -0.4 is 5.32 Å². The molecule has 5 heteroatoms. The summed E-state index contributed by atoms with van der Waals surface area (Å²) in [6, 6.07) is 0.0695. The van der Waals surface area contributed by atoms with Crippen LogP contribution in [0.25, 0.3) is 0 Å². The van der Waals surface area contributed by atoms with Gasteiger partial charge >= 0.3 is 0 Å². The molecule has 0 aliphatic carbocycles. The van der Waals surface area contributed by atoms with Gasteiger partial charge in [-0.15, -0.1) is 0 Å². The summed E-state index contributed by atoms with van der Waals surface area (Å²) in [7, 11) is 0. The van der Waals surface area contributed by atoms with Gasteiger partial charge in [0.15, 0.2) is 0 Å². The number of rotatable bonds is 1. The molecule has 1 aromatic rings. The number of nitrogens with zero attached hydrogens (tertiary/aromatic N) is 2. The Labute approximate surface area is 85.1 Å². The molecule has 2 N–H and O–H groups in total. The Hall–Kier alpha value is -0.390. The second kappa shape index (κ2) is 3.77. The van der Waals surface area contributed by atoms with E-state index in [1.165, 1.54) is 0 Å². The number of aromatic nitrogens is 2. The van der Waals surface area contributed by atoms with E-state index in [2.05, 4.69) is 26.3 Å². The van der Waals surface area contributed by atoms with Crippen LogP contribution in [0.3, 0.4) is 0 Å². The van der Waals surface area contributed by atoms with E-state index in [0.29, 0.717) is 0 Å². The zero-order valence-electron chi connectivity index (χ0n) is 7.15. The summed E-state index contributed by atoms with van der Waals surface area (Å²) in [6.07, 6.45) is 4.14. The van der Waals surface area contributed by atoms with Crippen molar-refractivity contribution in [1.82, 2.24) is 15.1 Å². The summed E-state index contributed by atoms with van der Waals surface area (Å²) in [5.41, 5.74) is 0. The van der Waals surface area contributed by atoms with Gasteiger partial charge in [0.05, 0.1) is 22.8 Å². The highest BCUT2D eigenvalue weighted by atomic mass is 79.9. The molecule has 0 saturated carbocycles. The van der Waals surface area contributed by atoms with Crippen LogP contribution in [-0.4, -0.2) is 34.1 Å². The highest BCUT2D eigenvalue weighted by molar-refractivity contribution is 9.10. The number of piperidine rings is 1. The predicted octanol–water partition coefficient (Wildman–Crippen LogP) is 0.541. The fraction of sp³-hybridized carbons (Fsp3) is 0.625. The third-order valence-electron chi connectivity index (χ3n) is 2.32. The van der Waals surface area contributed by atoms with Crippen molar-refractivity contribution in [2.45, 2.75) is 18.6 Å². The summed E-state index contributed by atoms with van der Waals surface area (Å²) in [5.74, 6) is 0. The second-order valence-electron chi connectivity index (χ2n) is 3.27. The first kappa shape index (κ1) is 9.18. The molecule has 0 spiro atoms. The Morgan fingerprint density at radius 3 is 3.15 bits per heavy atom. The van der Waals surface area contributed by atoms with E-state index in [0.717, 1.165) is 24.0 Å². The number of nitrogens with one attached hydrogen (secondary N) is 1. The molecular formula is C8H12BrN3O. The second-order valence-corrected chi connectivity index (χ2v) is 4.18. The standard InChI is InChI=1S/C8H12BrN3O/c9-6-3-11-12(5-6)7-4-10-2-1-8(7)13/h3,5,7-8,10,13H,1-2,4H2. The van der Waals surface area contributed by atoms with Gasteiger partial charge in [0, 0.05) is 12.7 Å². The van der Waals surface area contributed by atoms with Crippen LogP contribution in [0.5, 0.6) is 0 Å². The number of aliphatic hydroxyl groups is 1. The fourth-order valence-corrected chi connectivity index (χ4v) is 1.90. The molecule has 1 aliphatic rings. The van der Waals surface area contributed by atoms with E-state index in [1.54, 1.807) is 10.9 Å². The molecule has 13 heavy (non-hydrogen) atoms. The largest absolute Gasteiger partial charge is 0.391 e. The van der Waals surface area contributed by atoms with Gasteiger partial charge in [-0.3, -0.25) is 4.68 Å². The van der Waals surface area contributed by atoms with Gasteiger partial charge in [0.1, 0.15) is 0 Å². The molecule has 0 radical (unpaired) electrons. The van der Waals surface area contributed by atoms with Crippen LogP contribution in [0.2, 0.25) is 0 Å². The quantitative estimate of drug-likeness (QED) is 0.760. The van der Waals surface area contributed by atoms with Crippen molar-refractivity contribution in [3.8, 4) is 0 Å². The summed E-state index contributed by atoms with van der Waals surface area (Å²) in [5, 5.41) is 17.1. The molecule has 0 aromatic carbocycles. The van der Waals surface area contributed by atoms with Crippen molar-refractivity contribution in [1.29, 1.82) is 0 Å². The van der Waals surface area contributed by atoms with Crippen molar-refractivity contribution < 1.29 is 5.11 Å². The van der Waals surface area contributed by atoms with Gasteiger partial charge in [-0.25, -0.2) is 0 Å². The van der Waals surface area contributed by atoms with E-state index in [4.69, 9.17) is 0 Å². The molecular weight excluding hydrogens is 234 g/mol. The van der Waals surface area contributed by atoms with Crippen LogP contribution >= 0.6 is 15.9 Å². The first-order chi connectivity index (χ1) is 6.27. The Kier molecular flexibility index (Phi) is 2.66. The van der Waals surface area contributed by atoms with Gasteiger partial charge in [0.25, 0.3) is 0 Å². The van der Waals surface area contributed by atoms with Crippen molar-refractivity contribution >= 4 is 15.9 Å². The van der Waals surface area contributed by atoms with Crippen LogP contribution in [0.4, 0.5) is 0 Å². The first-order valence-corrected chi connectivity index (χ1v) is 5.15. The smallest absolute Gasteiger partial charge is 0.0902 e. The number of hydrogen-bond acceptors (Lipinski definition) is 3. The predicted molar refractivity (Wildman–Crippen MR) is 52.5 cm³/mol. The fourth-order valence-electron chi connectivity index (χ4n) is 1.59. The lowest BCUT2D eigenvalue weighted by Crippen LogP contribution is -2.41. The number of halogens is 1. The minimum absolute atomic E-state index is 0.0695. The molecule has 0 amide bonds. The van der Waals surface area contributed by atoms with Crippen LogP contribution in [0.15, 0.2) is 16.9 Å². The van der Waals surface area contributed by atoms with Crippen molar-refractivity contribution in [2.24, 2.45) is 0 Å². The van der Waals surface area contributed by atoms with E-state index >= 15 is 0 Å². The molecule has 72 valence electrons. The van der Waals surface area contributed by atoms with Gasteiger partial charge < -0.3 is 10.4 Å². The lowest BCUT2D eigenvalue weighted by atomic mass is 10.0. The van der Waals surface area contributed by atoms with E-state index in [1.807, 2.05) is 6.20 Å². The maximum absolute atomic E-state index is 9.72. The van der Waals surface area contributed by atoms with Crippen LogP contribution in [-0.2, 0) is 0 Å². The zero-order chi connectivity index (χ0) is 9.26. The van der Waals surface area contributed by atoms with Gasteiger partial charge in [-0.1, -0.05) is 0 Å². The number of hydrogen-bond donors (Lipinski definition) is 2. The molecule has 0 bridgehead atoms. The minimum Gasteiger partial charge on any atom is -0.391 e. The first-order valence-electron chi connectivity index (χ1n) is 4.36. The number of aliphatic hydroxyl groups excluding tert-OH is 1. The summed E-state index contributed by atoms with van der Waals surface area (Å²) in [6.45, 7) is 1.68. The molecule has 1 aliphatic heterocycles. The van der Waals surface area contributed by atoms with Gasteiger partial charge in [-0.2, -0.15) is 5.10 Å². The monoisotopic (exact) mass is 245 g/mol. The van der Waals surface area contributed by atoms with Crippen LogP contribution in [0.1, 0.15) is 12.5 Å². The Morgan fingerprint density at radius 1 is 1.69 bits per heavy atom. The molecule has 1 fully saturated rings. The topological polar surface area (TPSA) is 50.1 Å². The highest BCUT2D eigenvalue weighted by Gasteiger charge is 2.24. The Morgan fingerprint density at radius 2 is 2.54 bits per heavy atom. The van der Waals surface area contributed by atoms with Crippen molar-refractivity contribution in [3.05, 3.63) is 16.9 Å². The average molecular weight is 246 g/mol. The van der Waals surface area contributed by atoms with Gasteiger partial charge in [0.2, 0.25) is 0 Å². The van der Waals surface area contributed by atoms with Crippen molar-refractivity contribution in [3.63, 3.8) is 0 Å². The minimum atomic E-state index is -0.284. The van der Waals surface area contributed by atoms with Crippen molar-refractivity contribution in [2.75, 3.05) is 13.1 Å². The Bertz CT molecular complexity index is 289. The summed E-state index contributed by atoms with van der Waals surface area (Å²) in [4.78, 5) is 0. The zero-order valence-corrected chi connectivity index (χ0v) is 8.74. The summed E-state index contributed by atoms with van der Waals surface area (Å²) < 4.78 is 2.76. The normalized spacial score (nSPS) is 29.1. The molecule has 2 atom stereocenters. The van der Waals surface area contributed by atoms with E-state index in [-0.39, 0.29) is 12.1 Å². The molecule has 2 unspecified atom stereocenters. The maximum atomic E-state index is 9.72. The third kappa shape index (κ3) is 1.92. The van der Waals surface area contributed by atoms with E-state index < -0.39 is 0 Å². The third-order valence-corrected chi connectivity index (χ3v) is 2.73. The van der Waals surface area contributed by atoms with E-state index in [9.17, 15) is 5.11 Å². The highest BCUT2D eigenvalue weighted by Crippen LogP contribution is 2.18. The summed E-state index contributed by atoms with van der Waals surface area (Å²) >= 11 is 3.33. The molecule has 4 nitrogen and oxygen atoms in total. The lowest BCUT2D eigenvalue weighted by molar-refractivity contribution is 0.0783. The Balaban J connectivity index is 2.14. The molecule has 2 heterocycles.